The van der Waals surface area contributed by atoms with Gasteiger partial charge in [0, 0.05) is 17.3 Å². The maximum absolute atomic E-state index is 12.1. The number of hydrogen-bond acceptors (Lipinski definition) is 2. The molecular formula is C13H23NOS. The van der Waals surface area contributed by atoms with E-state index in [2.05, 4.69) is 39.8 Å². The molecule has 0 spiro atoms. The number of carbonyl (C=O) groups excluding carboxylic acids is 1. The van der Waals surface area contributed by atoms with Crippen molar-refractivity contribution in [3.63, 3.8) is 0 Å². The topological polar surface area (TPSA) is 20.3 Å². The van der Waals surface area contributed by atoms with Crippen molar-refractivity contribution in [1.82, 2.24) is 4.90 Å². The summed E-state index contributed by atoms with van der Waals surface area (Å²) in [6.07, 6.45) is 7.90. The second-order valence-corrected chi connectivity index (χ2v) is 6.07. The molecule has 1 amide bonds. The zero-order valence-electron chi connectivity index (χ0n) is 10.8. The SMILES string of the molecule is CC(C)N(C(=O)S[C@@H]1C=CCCC1)C(C)C. The van der Waals surface area contributed by atoms with Crippen molar-refractivity contribution in [2.75, 3.05) is 0 Å². The molecule has 0 aromatic heterocycles. The molecule has 0 unspecified atom stereocenters. The van der Waals surface area contributed by atoms with Gasteiger partial charge in [0.2, 0.25) is 0 Å². The lowest BCUT2D eigenvalue weighted by Crippen LogP contribution is -2.40. The minimum absolute atomic E-state index is 0.224. The van der Waals surface area contributed by atoms with Gasteiger partial charge in [0.25, 0.3) is 5.24 Å². The van der Waals surface area contributed by atoms with Crippen LogP contribution >= 0.6 is 11.8 Å². The van der Waals surface area contributed by atoms with Gasteiger partial charge in [0.05, 0.1) is 0 Å². The Morgan fingerprint density at radius 2 is 1.94 bits per heavy atom. The second-order valence-electron chi connectivity index (χ2n) is 4.88. The summed E-state index contributed by atoms with van der Waals surface area (Å²) in [6.45, 7) is 8.31. The van der Waals surface area contributed by atoms with Crippen LogP contribution in [0.4, 0.5) is 4.79 Å². The maximum atomic E-state index is 12.1. The summed E-state index contributed by atoms with van der Waals surface area (Å²) in [5.74, 6) is 0. The van der Waals surface area contributed by atoms with Crippen molar-refractivity contribution < 1.29 is 4.79 Å². The summed E-state index contributed by atoms with van der Waals surface area (Å²) in [5.41, 5.74) is 0. The Kier molecular flexibility index (Phi) is 5.39. The fourth-order valence-electron chi connectivity index (χ4n) is 2.09. The molecule has 0 fully saturated rings. The third-order valence-electron chi connectivity index (χ3n) is 2.79. The first-order chi connectivity index (χ1) is 7.52. The number of nitrogens with zero attached hydrogens (tertiary/aromatic N) is 1. The van der Waals surface area contributed by atoms with E-state index in [0.717, 1.165) is 6.42 Å². The van der Waals surface area contributed by atoms with E-state index in [0.29, 0.717) is 5.25 Å². The van der Waals surface area contributed by atoms with Gasteiger partial charge in [-0.3, -0.25) is 4.79 Å². The standard InChI is InChI=1S/C13H23NOS/c1-10(2)14(11(3)4)13(15)16-12-8-6-5-7-9-12/h6,8,10-12H,5,7,9H2,1-4H3/t12-/m1/s1. The highest BCUT2D eigenvalue weighted by Crippen LogP contribution is 2.27. The average Bonchev–Trinajstić information content (AvgIpc) is 2.17. The predicted octanol–water partition coefficient (Wildman–Crippen LogP) is 4.07. The lowest BCUT2D eigenvalue weighted by molar-refractivity contribution is 0.190. The van der Waals surface area contributed by atoms with Crippen molar-refractivity contribution >= 4 is 17.0 Å². The molecule has 0 bridgehead atoms. The molecule has 92 valence electrons. The van der Waals surface area contributed by atoms with Crippen LogP contribution in [-0.2, 0) is 0 Å². The fourth-order valence-corrected chi connectivity index (χ4v) is 3.36. The minimum atomic E-state index is 0.224. The smallest absolute Gasteiger partial charge is 0.282 e. The van der Waals surface area contributed by atoms with E-state index in [1.54, 1.807) is 0 Å². The van der Waals surface area contributed by atoms with Gasteiger partial charge in [0.15, 0.2) is 0 Å². The molecular weight excluding hydrogens is 218 g/mol. The van der Waals surface area contributed by atoms with Crippen LogP contribution in [0.3, 0.4) is 0 Å². The average molecular weight is 241 g/mol. The summed E-state index contributed by atoms with van der Waals surface area (Å²) >= 11 is 1.49. The fraction of sp³-hybridized carbons (Fsp3) is 0.769. The minimum Gasteiger partial charge on any atom is -0.329 e. The van der Waals surface area contributed by atoms with Crippen LogP contribution in [0.2, 0.25) is 0 Å². The van der Waals surface area contributed by atoms with Crippen LogP contribution in [0.15, 0.2) is 12.2 Å². The van der Waals surface area contributed by atoms with Gasteiger partial charge >= 0.3 is 0 Å². The molecule has 1 aliphatic rings. The molecule has 0 aliphatic heterocycles. The van der Waals surface area contributed by atoms with Gasteiger partial charge in [0.1, 0.15) is 0 Å². The summed E-state index contributed by atoms with van der Waals surface area (Å²) in [6, 6.07) is 0.570. The van der Waals surface area contributed by atoms with Crippen LogP contribution in [0, 0.1) is 0 Å². The van der Waals surface area contributed by atoms with E-state index in [4.69, 9.17) is 0 Å². The van der Waals surface area contributed by atoms with E-state index in [1.165, 1.54) is 24.6 Å². The van der Waals surface area contributed by atoms with Crippen molar-refractivity contribution in [2.24, 2.45) is 0 Å². The van der Waals surface area contributed by atoms with E-state index < -0.39 is 0 Å². The number of allylic oxidation sites excluding steroid dienone is 1. The first-order valence-electron chi connectivity index (χ1n) is 6.18. The summed E-state index contributed by atoms with van der Waals surface area (Å²) in [5, 5.41) is 0.614. The molecule has 0 aromatic rings. The highest BCUT2D eigenvalue weighted by molar-refractivity contribution is 8.14. The largest absolute Gasteiger partial charge is 0.329 e. The van der Waals surface area contributed by atoms with Gasteiger partial charge < -0.3 is 4.90 Å². The lowest BCUT2D eigenvalue weighted by atomic mass is 10.1. The molecule has 16 heavy (non-hydrogen) atoms. The van der Waals surface area contributed by atoms with Crippen LogP contribution in [0.1, 0.15) is 47.0 Å². The van der Waals surface area contributed by atoms with E-state index in [-0.39, 0.29) is 17.3 Å². The lowest BCUT2D eigenvalue weighted by Gasteiger charge is -2.31. The van der Waals surface area contributed by atoms with Crippen molar-refractivity contribution in [1.29, 1.82) is 0 Å². The van der Waals surface area contributed by atoms with Gasteiger partial charge in [-0.1, -0.05) is 23.9 Å². The molecule has 1 atom stereocenters. The third kappa shape index (κ3) is 3.85. The highest BCUT2D eigenvalue weighted by atomic mass is 32.2. The van der Waals surface area contributed by atoms with Gasteiger partial charge in [-0.15, -0.1) is 0 Å². The Morgan fingerprint density at radius 1 is 1.31 bits per heavy atom. The van der Waals surface area contributed by atoms with Crippen molar-refractivity contribution in [3.05, 3.63) is 12.2 Å². The summed E-state index contributed by atoms with van der Waals surface area (Å²) in [7, 11) is 0. The molecule has 0 aromatic carbocycles. The first-order valence-corrected chi connectivity index (χ1v) is 7.06. The van der Waals surface area contributed by atoms with Gasteiger partial charge in [-0.2, -0.15) is 0 Å². The Bertz CT molecular complexity index is 253. The second kappa shape index (κ2) is 6.33. The van der Waals surface area contributed by atoms with E-state index >= 15 is 0 Å². The maximum Gasteiger partial charge on any atom is 0.282 e. The number of amides is 1. The zero-order chi connectivity index (χ0) is 12.1. The van der Waals surface area contributed by atoms with Crippen molar-refractivity contribution in [2.45, 2.75) is 64.3 Å². The molecule has 0 heterocycles. The van der Waals surface area contributed by atoms with Crippen LogP contribution < -0.4 is 0 Å². The Balaban J connectivity index is 2.54. The summed E-state index contributed by atoms with van der Waals surface area (Å²) in [4.78, 5) is 14.1. The predicted molar refractivity (Wildman–Crippen MR) is 71.9 cm³/mol. The summed E-state index contributed by atoms with van der Waals surface area (Å²) < 4.78 is 0. The third-order valence-corrected chi connectivity index (χ3v) is 3.89. The molecule has 3 heteroatoms. The molecule has 0 saturated heterocycles. The Hall–Kier alpha value is -0.440. The Morgan fingerprint density at radius 3 is 2.38 bits per heavy atom. The van der Waals surface area contributed by atoms with E-state index in [9.17, 15) is 4.79 Å². The zero-order valence-corrected chi connectivity index (χ0v) is 11.6. The van der Waals surface area contributed by atoms with Crippen LogP contribution in [0.5, 0.6) is 0 Å². The van der Waals surface area contributed by atoms with Crippen molar-refractivity contribution in [3.8, 4) is 0 Å². The van der Waals surface area contributed by atoms with E-state index in [1.807, 2.05) is 4.90 Å². The normalized spacial score (nSPS) is 20.5. The Labute approximate surface area is 103 Å². The molecule has 1 rings (SSSR count). The highest BCUT2D eigenvalue weighted by Gasteiger charge is 2.23. The number of hydrogen-bond donors (Lipinski definition) is 0. The van der Waals surface area contributed by atoms with Crippen LogP contribution in [0.25, 0.3) is 0 Å². The molecule has 1 aliphatic carbocycles. The first kappa shape index (κ1) is 13.6. The molecule has 2 nitrogen and oxygen atoms in total. The van der Waals surface area contributed by atoms with Gasteiger partial charge in [-0.05, 0) is 47.0 Å². The molecule has 0 N–H and O–H groups in total. The quantitative estimate of drug-likeness (QED) is 0.694. The number of carbonyl (C=O) groups is 1. The van der Waals surface area contributed by atoms with Crippen LogP contribution in [-0.4, -0.2) is 27.5 Å². The molecule has 0 saturated carbocycles. The monoisotopic (exact) mass is 241 g/mol. The number of thioether (sulfide) groups is 1. The van der Waals surface area contributed by atoms with Gasteiger partial charge in [-0.25, -0.2) is 0 Å². The number of rotatable bonds is 3. The molecule has 0 radical (unpaired) electrons.